The highest BCUT2D eigenvalue weighted by Crippen LogP contribution is 2.49. The van der Waals surface area contributed by atoms with Crippen LogP contribution in [0.2, 0.25) is 0 Å². The van der Waals surface area contributed by atoms with Crippen LogP contribution in [-0.4, -0.2) is 23.9 Å². The van der Waals surface area contributed by atoms with Crippen molar-refractivity contribution in [1.82, 2.24) is 4.57 Å². The Balaban J connectivity index is 1.88. The zero-order valence-electron chi connectivity index (χ0n) is 19.8. The molecule has 0 fully saturated rings. The summed E-state index contributed by atoms with van der Waals surface area (Å²) in [5, 5.41) is 10.4. The van der Waals surface area contributed by atoms with Crippen LogP contribution < -0.4 is 9.47 Å². The van der Waals surface area contributed by atoms with Crippen molar-refractivity contribution in [2.45, 2.75) is 33.7 Å². The summed E-state index contributed by atoms with van der Waals surface area (Å²) in [7, 11) is 3.37. The number of phenolic OH excluding ortho intramolecular Hbond substituents is 1. The van der Waals surface area contributed by atoms with Crippen molar-refractivity contribution in [3.63, 3.8) is 0 Å². The van der Waals surface area contributed by atoms with Crippen LogP contribution in [0.15, 0.2) is 54.6 Å². The predicted octanol–water partition coefficient (Wildman–Crippen LogP) is 6.69. The first kappa shape index (κ1) is 21.2. The third-order valence-corrected chi connectivity index (χ3v) is 6.83. The second-order valence-corrected chi connectivity index (χ2v) is 8.77. The largest absolute Gasteiger partial charge is 0.507 e. The Kier molecular flexibility index (Phi) is 5.16. The second-order valence-electron chi connectivity index (χ2n) is 8.77. The van der Waals surface area contributed by atoms with Crippen molar-refractivity contribution < 1.29 is 14.6 Å². The molecule has 0 bridgehead atoms. The van der Waals surface area contributed by atoms with Crippen LogP contribution in [-0.2, 0) is 13.0 Å². The topological polar surface area (TPSA) is 43.6 Å². The van der Waals surface area contributed by atoms with Gasteiger partial charge in [-0.05, 0) is 79.3 Å². The minimum atomic E-state index is 0.365. The summed E-state index contributed by atoms with van der Waals surface area (Å²) in [6.07, 6.45) is 0.930. The van der Waals surface area contributed by atoms with Gasteiger partial charge in [0.1, 0.15) is 5.75 Å². The smallest absolute Gasteiger partial charge is 0.161 e. The Morgan fingerprint density at radius 3 is 2.06 bits per heavy atom. The normalized spacial score (nSPS) is 12.3. The van der Waals surface area contributed by atoms with Gasteiger partial charge in [-0.2, -0.15) is 0 Å². The lowest BCUT2D eigenvalue weighted by atomic mass is 9.89. The highest BCUT2D eigenvalue weighted by Gasteiger charge is 2.29. The number of hydrogen-bond acceptors (Lipinski definition) is 3. The lowest BCUT2D eigenvalue weighted by molar-refractivity contribution is 0.354. The number of nitrogens with zero attached hydrogens (tertiary/aromatic N) is 1. The summed E-state index contributed by atoms with van der Waals surface area (Å²) in [6, 6.07) is 19.0. The minimum absolute atomic E-state index is 0.365. The molecule has 0 radical (unpaired) electrons. The summed E-state index contributed by atoms with van der Waals surface area (Å²) in [6.45, 7) is 7.03. The van der Waals surface area contributed by atoms with Crippen molar-refractivity contribution in [2.24, 2.45) is 0 Å². The number of aryl methyl sites for hydroxylation is 3. The number of benzene rings is 3. The lowest BCUT2D eigenvalue weighted by Gasteiger charge is -2.23. The number of aromatic nitrogens is 1. The molecular weight excluding hydrogens is 410 g/mol. The van der Waals surface area contributed by atoms with Gasteiger partial charge in [0.15, 0.2) is 11.5 Å². The Morgan fingerprint density at radius 2 is 1.42 bits per heavy atom. The molecule has 0 unspecified atom stereocenters. The number of hydrogen-bond donors (Lipinski definition) is 1. The van der Waals surface area contributed by atoms with E-state index in [1.54, 1.807) is 14.2 Å². The van der Waals surface area contributed by atoms with Gasteiger partial charge in [0.05, 0.1) is 19.9 Å². The highest BCUT2D eigenvalue weighted by molar-refractivity contribution is 5.97. The quantitative estimate of drug-likeness (QED) is 0.385. The number of aromatic hydroxyl groups is 1. The molecule has 0 atom stereocenters. The first-order chi connectivity index (χ1) is 15.9. The Hall–Kier alpha value is -3.66. The van der Waals surface area contributed by atoms with E-state index in [9.17, 15) is 5.11 Å². The van der Waals surface area contributed by atoms with Gasteiger partial charge in [-0.1, -0.05) is 30.3 Å². The van der Waals surface area contributed by atoms with E-state index in [2.05, 4.69) is 66.1 Å². The summed E-state index contributed by atoms with van der Waals surface area (Å²) >= 11 is 0. The molecule has 1 aliphatic heterocycles. The molecule has 0 aliphatic carbocycles. The minimum Gasteiger partial charge on any atom is -0.507 e. The molecule has 168 valence electrons. The van der Waals surface area contributed by atoms with Crippen LogP contribution in [0.1, 0.15) is 22.4 Å². The molecule has 0 saturated carbocycles. The van der Waals surface area contributed by atoms with Crippen LogP contribution in [0.4, 0.5) is 0 Å². The maximum Gasteiger partial charge on any atom is 0.161 e. The average Bonchev–Trinajstić information content (AvgIpc) is 3.14. The number of phenols is 1. The van der Waals surface area contributed by atoms with Crippen molar-refractivity contribution in [1.29, 1.82) is 0 Å². The van der Waals surface area contributed by atoms with E-state index in [4.69, 9.17) is 9.47 Å². The molecule has 33 heavy (non-hydrogen) atoms. The van der Waals surface area contributed by atoms with Crippen LogP contribution >= 0.6 is 0 Å². The monoisotopic (exact) mass is 439 g/mol. The number of methoxy groups -OCH3 is 2. The van der Waals surface area contributed by atoms with E-state index in [-0.39, 0.29) is 0 Å². The van der Waals surface area contributed by atoms with Gasteiger partial charge >= 0.3 is 0 Å². The molecule has 4 aromatic rings. The summed E-state index contributed by atoms with van der Waals surface area (Å²) < 4.78 is 13.7. The number of fused-ring (bicyclic) bond motifs is 3. The first-order valence-corrected chi connectivity index (χ1v) is 11.3. The van der Waals surface area contributed by atoms with Crippen molar-refractivity contribution in [3.05, 3.63) is 77.0 Å². The molecule has 5 rings (SSSR count). The molecule has 2 heterocycles. The van der Waals surface area contributed by atoms with Gasteiger partial charge in [-0.15, -0.1) is 0 Å². The highest BCUT2D eigenvalue weighted by atomic mass is 16.5. The van der Waals surface area contributed by atoms with E-state index < -0.39 is 0 Å². The molecule has 1 aromatic heterocycles. The summed E-state index contributed by atoms with van der Waals surface area (Å²) in [4.78, 5) is 0. The van der Waals surface area contributed by atoms with Crippen LogP contribution in [0.5, 0.6) is 17.2 Å². The maximum absolute atomic E-state index is 10.4. The second kappa shape index (κ2) is 8.04. The van der Waals surface area contributed by atoms with Gasteiger partial charge in [0, 0.05) is 28.9 Å². The van der Waals surface area contributed by atoms with Crippen molar-refractivity contribution in [2.75, 3.05) is 14.2 Å². The first-order valence-electron chi connectivity index (χ1n) is 11.3. The fourth-order valence-corrected chi connectivity index (χ4v) is 5.22. The average molecular weight is 440 g/mol. The molecule has 3 aromatic carbocycles. The summed E-state index contributed by atoms with van der Waals surface area (Å²) in [5.41, 5.74) is 11.4. The molecular formula is C29H29NO3. The van der Waals surface area contributed by atoms with E-state index in [0.717, 1.165) is 41.2 Å². The molecule has 0 amide bonds. The summed E-state index contributed by atoms with van der Waals surface area (Å²) in [5.74, 6) is 1.86. The van der Waals surface area contributed by atoms with E-state index in [0.29, 0.717) is 5.75 Å². The molecule has 1 aliphatic rings. The third-order valence-electron chi connectivity index (χ3n) is 6.83. The number of rotatable bonds is 4. The van der Waals surface area contributed by atoms with Gasteiger partial charge in [-0.3, -0.25) is 0 Å². The van der Waals surface area contributed by atoms with E-state index in [1.807, 2.05) is 13.8 Å². The Bertz CT molecular complexity index is 1340. The third kappa shape index (κ3) is 3.29. The molecule has 4 nitrogen and oxygen atoms in total. The van der Waals surface area contributed by atoms with Gasteiger partial charge < -0.3 is 19.1 Å². The van der Waals surface area contributed by atoms with Crippen molar-refractivity contribution >= 4 is 0 Å². The fraction of sp³-hybridized carbons (Fsp3) is 0.241. The SMILES string of the molecule is COc1cc2c(cc1OC)-c1c(-c3ccccc3)c(-c3cc(C)c(O)c(C)c3)c(C)n1CC2. The molecule has 0 saturated heterocycles. The molecule has 1 N–H and O–H groups in total. The van der Waals surface area contributed by atoms with Crippen molar-refractivity contribution in [3.8, 4) is 50.8 Å². The Labute approximate surface area is 195 Å². The van der Waals surface area contributed by atoms with E-state index >= 15 is 0 Å². The van der Waals surface area contributed by atoms with Gasteiger partial charge in [0.25, 0.3) is 0 Å². The van der Waals surface area contributed by atoms with E-state index in [1.165, 1.54) is 39.2 Å². The van der Waals surface area contributed by atoms with Gasteiger partial charge in [-0.25, -0.2) is 0 Å². The van der Waals surface area contributed by atoms with Crippen LogP contribution in [0.25, 0.3) is 33.5 Å². The zero-order chi connectivity index (χ0) is 23.3. The fourth-order valence-electron chi connectivity index (χ4n) is 5.22. The zero-order valence-corrected chi connectivity index (χ0v) is 19.8. The number of ether oxygens (including phenoxy) is 2. The standard InChI is InChI=1S/C29H29NO3/c1-17-13-22(14-18(2)29(17)31)26-19(3)30-12-11-21-15-24(32-4)25(33-5)16-23(21)28(30)27(26)20-9-7-6-8-10-20/h6-10,13-16,31H,11-12H2,1-5H3. The Morgan fingerprint density at radius 1 is 0.788 bits per heavy atom. The molecule has 0 spiro atoms. The predicted molar refractivity (Wildman–Crippen MR) is 133 cm³/mol. The van der Waals surface area contributed by atoms with Crippen LogP contribution in [0.3, 0.4) is 0 Å². The van der Waals surface area contributed by atoms with Crippen LogP contribution in [0, 0.1) is 20.8 Å². The molecule has 4 heteroatoms. The maximum atomic E-state index is 10.4. The lowest BCUT2D eigenvalue weighted by Crippen LogP contribution is -2.12. The van der Waals surface area contributed by atoms with Gasteiger partial charge in [0.2, 0.25) is 0 Å².